The van der Waals surface area contributed by atoms with E-state index in [0.29, 0.717) is 11.6 Å². The summed E-state index contributed by atoms with van der Waals surface area (Å²) in [5.74, 6) is -0.181. The summed E-state index contributed by atoms with van der Waals surface area (Å²) in [4.78, 5) is 20.4. The lowest BCUT2D eigenvalue weighted by atomic mass is 10.1. The number of hydrogen-bond acceptors (Lipinski definition) is 3. The fraction of sp³-hybridized carbons (Fsp3) is 0.0500. The van der Waals surface area contributed by atoms with E-state index in [1.807, 2.05) is 42.5 Å². The van der Waals surface area contributed by atoms with Crippen molar-refractivity contribution in [3.63, 3.8) is 0 Å². The van der Waals surface area contributed by atoms with E-state index in [2.05, 4.69) is 15.3 Å². The summed E-state index contributed by atoms with van der Waals surface area (Å²) in [5, 5.41) is 3.47. The van der Waals surface area contributed by atoms with E-state index in [4.69, 9.17) is 11.6 Å². The number of pyridine rings is 2. The van der Waals surface area contributed by atoms with Crippen LogP contribution in [0.25, 0.3) is 17.3 Å². The molecule has 0 atom stereocenters. The summed E-state index contributed by atoms with van der Waals surface area (Å²) in [7, 11) is 0. The normalized spacial score (nSPS) is 10.8. The second kappa shape index (κ2) is 8.22. The van der Waals surface area contributed by atoms with Gasteiger partial charge < -0.3 is 5.32 Å². The van der Waals surface area contributed by atoms with Gasteiger partial charge in [0.1, 0.15) is 0 Å². The van der Waals surface area contributed by atoms with E-state index >= 15 is 0 Å². The number of aromatic nitrogens is 2. The maximum Gasteiger partial charge on any atom is 0.244 e. The third-order valence-corrected chi connectivity index (χ3v) is 3.91. The summed E-state index contributed by atoms with van der Waals surface area (Å²) in [5.41, 5.74) is 3.54. The Hall–Kier alpha value is -2.98. The van der Waals surface area contributed by atoms with Gasteiger partial charge in [-0.3, -0.25) is 14.8 Å². The van der Waals surface area contributed by atoms with Crippen molar-refractivity contribution < 1.29 is 4.79 Å². The first-order valence-corrected chi connectivity index (χ1v) is 8.16. The molecule has 1 N–H and O–H groups in total. The minimum atomic E-state index is -0.181. The van der Waals surface area contributed by atoms with Crippen molar-refractivity contribution in [2.45, 2.75) is 6.54 Å². The van der Waals surface area contributed by atoms with Crippen molar-refractivity contribution in [2.75, 3.05) is 0 Å². The molecule has 3 rings (SSSR count). The van der Waals surface area contributed by atoms with Crippen molar-refractivity contribution in [2.24, 2.45) is 0 Å². The molecule has 2 heterocycles. The average Bonchev–Trinajstić information content (AvgIpc) is 2.67. The largest absolute Gasteiger partial charge is 0.348 e. The lowest BCUT2D eigenvalue weighted by Crippen LogP contribution is -2.20. The Labute approximate surface area is 151 Å². The van der Waals surface area contributed by atoms with Crippen molar-refractivity contribution in [3.8, 4) is 11.3 Å². The Bertz CT molecular complexity index is 894. The van der Waals surface area contributed by atoms with Gasteiger partial charge in [0.25, 0.3) is 0 Å². The topological polar surface area (TPSA) is 54.9 Å². The molecule has 2 aromatic heterocycles. The summed E-state index contributed by atoms with van der Waals surface area (Å²) in [6.45, 7) is 0.418. The lowest BCUT2D eigenvalue weighted by molar-refractivity contribution is -0.116. The Morgan fingerprint density at radius 1 is 1.12 bits per heavy atom. The predicted molar refractivity (Wildman–Crippen MR) is 99.8 cm³/mol. The standard InChI is InChI=1S/C20H16ClN3O/c21-18-6-2-1-4-16(18)7-8-20(25)24-13-15-9-11-23-19(12-15)17-5-3-10-22-14-17/h1-12,14H,13H2,(H,24,25)/b8-7+. The van der Waals surface area contributed by atoms with Crippen LogP contribution in [0.3, 0.4) is 0 Å². The molecule has 3 aromatic rings. The Morgan fingerprint density at radius 3 is 2.80 bits per heavy atom. The summed E-state index contributed by atoms with van der Waals surface area (Å²) in [6, 6.07) is 15.0. The molecule has 0 spiro atoms. The third-order valence-electron chi connectivity index (χ3n) is 3.57. The van der Waals surface area contributed by atoms with Gasteiger partial charge in [0.15, 0.2) is 0 Å². The molecule has 4 nitrogen and oxygen atoms in total. The molecular weight excluding hydrogens is 334 g/mol. The smallest absolute Gasteiger partial charge is 0.244 e. The van der Waals surface area contributed by atoms with E-state index in [0.717, 1.165) is 22.4 Å². The minimum Gasteiger partial charge on any atom is -0.348 e. The first kappa shape index (κ1) is 16.9. The number of carbonyl (C=O) groups excluding carboxylic acids is 1. The van der Waals surface area contributed by atoms with Crippen LogP contribution < -0.4 is 5.32 Å². The SMILES string of the molecule is O=C(/C=C/c1ccccc1Cl)NCc1ccnc(-c2cccnc2)c1. The monoisotopic (exact) mass is 349 g/mol. The molecule has 1 amide bonds. The van der Waals surface area contributed by atoms with Crippen LogP contribution >= 0.6 is 11.6 Å². The van der Waals surface area contributed by atoms with Gasteiger partial charge in [0.05, 0.1) is 5.69 Å². The van der Waals surface area contributed by atoms with Gasteiger partial charge in [-0.1, -0.05) is 29.8 Å². The van der Waals surface area contributed by atoms with Crippen LogP contribution in [0.5, 0.6) is 0 Å². The number of rotatable bonds is 5. The van der Waals surface area contributed by atoms with Gasteiger partial charge in [-0.05, 0) is 47.5 Å². The third kappa shape index (κ3) is 4.75. The fourth-order valence-corrected chi connectivity index (χ4v) is 2.48. The van der Waals surface area contributed by atoms with E-state index in [1.54, 1.807) is 30.7 Å². The molecule has 0 aliphatic rings. The number of amides is 1. The molecule has 1 aromatic carbocycles. The molecule has 5 heteroatoms. The molecule has 0 fully saturated rings. The van der Waals surface area contributed by atoms with Crippen LogP contribution in [0.2, 0.25) is 5.02 Å². The highest BCUT2D eigenvalue weighted by atomic mass is 35.5. The van der Waals surface area contributed by atoms with Crippen LogP contribution in [0.1, 0.15) is 11.1 Å². The molecular formula is C20H16ClN3O. The molecule has 0 radical (unpaired) electrons. The number of nitrogens with one attached hydrogen (secondary N) is 1. The van der Waals surface area contributed by atoms with Crippen LogP contribution in [0.15, 0.2) is 73.2 Å². The van der Waals surface area contributed by atoms with Crippen molar-refractivity contribution >= 4 is 23.6 Å². The second-order valence-corrected chi connectivity index (χ2v) is 5.77. The van der Waals surface area contributed by atoms with E-state index in [-0.39, 0.29) is 5.91 Å². The second-order valence-electron chi connectivity index (χ2n) is 5.36. The first-order chi connectivity index (χ1) is 12.2. The highest BCUT2D eigenvalue weighted by Gasteiger charge is 2.02. The molecule has 0 saturated heterocycles. The molecule has 0 unspecified atom stereocenters. The van der Waals surface area contributed by atoms with Gasteiger partial charge in [-0.15, -0.1) is 0 Å². The first-order valence-electron chi connectivity index (χ1n) is 7.78. The molecule has 0 bridgehead atoms. The Balaban J connectivity index is 1.62. The van der Waals surface area contributed by atoms with Gasteiger partial charge in [0.2, 0.25) is 5.91 Å². The van der Waals surface area contributed by atoms with Gasteiger partial charge in [-0.25, -0.2) is 0 Å². The van der Waals surface area contributed by atoms with E-state index < -0.39 is 0 Å². The minimum absolute atomic E-state index is 0.181. The summed E-state index contributed by atoms with van der Waals surface area (Å²) < 4.78 is 0. The maximum absolute atomic E-state index is 12.0. The number of halogens is 1. The van der Waals surface area contributed by atoms with Crippen LogP contribution in [0.4, 0.5) is 0 Å². The van der Waals surface area contributed by atoms with Crippen LogP contribution in [-0.2, 0) is 11.3 Å². The number of hydrogen-bond donors (Lipinski definition) is 1. The zero-order valence-corrected chi connectivity index (χ0v) is 14.1. The molecule has 0 aliphatic carbocycles. The van der Waals surface area contributed by atoms with Gasteiger partial charge >= 0.3 is 0 Å². The Morgan fingerprint density at radius 2 is 2.00 bits per heavy atom. The fourth-order valence-electron chi connectivity index (χ4n) is 2.28. The highest BCUT2D eigenvalue weighted by Crippen LogP contribution is 2.17. The average molecular weight is 350 g/mol. The zero-order valence-electron chi connectivity index (χ0n) is 13.4. The highest BCUT2D eigenvalue weighted by molar-refractivity contribution is 6.32. The molecule has 25 heavy (non-hydrogen) atoms. The summed E-state index contributed by atoms with van der Waals surface area (Å²) >= 11 is 6.06. The van der Waals surface area contributed by atoms with E-state index in [9.17, 15) is 4.79 Å². The van der Waals surface area contributed by atoms with E-state index in [1.165, 1.54) is 6.08 Å². The predicted octanol–water partition coefficient (Wildman–Crippen LogP) is 4.13. The number of benzene rings is 1. The molecule has 0 saturated carbocycles. The number of nitrogens with zero attached hydrogens (tertiary/aromatic N) is 2. The van der Waals surface area contributed by atoms with Crippen LogP contribution in [-0.4, -0.2) is 15.9 Å². The molecule has 124 valence electrons. The summed E-state index contributed by atoms with van der Waals surface area (Å²) in [6.07, 6.45) is 8.38. The Kier molecular flexibility index (Phi) is 5.54. The molecule has 0 aliphatic heterocycles. The lowest BCUT2D eigenvalue weighted by Gasteiger charge is -2.05. The van der Waals surface area contributed by atoms with Gasteiger partial charge in [-0.2, -0.15) is 0 Å². The zero-order chi connectivity index (χ0) is 17.5. The maximum atomic E-state index is 12.0. The van der Waals surface area contributed by atoms with Crippen molar-refractivity contribution in [3.05, 3.63) is 89.3 Å². The quantitative estimate of drug-likeness (QED) is 0.705. The van der Waals surface area contributed by atoms with Gasteiger partial charge in [0, 0.05) is 41.8 Å². The van der Waals surface area contributed by atoms with Crippen molar-refractivity contribution in [1.82, 2.24) is 15.3 Å². The van der Waals surface area contributed by atoms with Crippen molar-refractivity contribution in [1.29, 1.82) is 0 Å². The number of carbonyl (C=O) groups is 1. The van der Waals surface area contributed by atoms with Crippen LogP contribution in [0, 0.1) is 0 Å².